The summed E-state index contributed by atoms with van der Waals surface area (Å²) in [6, 6.07) is 11.0. The zero-order valence-electron chi connectivity index (χ0n) is 16.7. The fourth-order valence-electron chi connectivity index (χ4n) is 4.09. The summed E-state index contributed by atoms with van der Waals surface area (Å²) in [6.07, 6.45) is 5.17. The van der Waals surface area contributed by atoms with E-state index in [0.717, 1.165) is 51.3 Å². The molecule has 1 saturated heterocycles. The molecule has 0 aromatic heterocycles. The minimum atomic E-state index is -0.233. The summed E-state index contributed by atoms with van der Waals surface area (Å²) in [4.78, 5) is 7.26. The van der Waals surface area contributed by atoms with Gasteiger partial charge in [0, 0.05) is 36.8 Å². The predicted molar refractivity (Wildman–Crippen MR) is 124 cm³/mol. The molecular weight excluding hydrogens is 451 g/mol. The van der Waals surface area contributed by atoms with Gasteiger partial charge < -0.3 is 20.6 Å². The summed E-state index contributed by atoms with van der Waals surface area (Å²) in [6.45, 7) is 7.86. The number of para-hydroxylation sites is 1. The van der Waals surface area contributed by atoms with Gasteiger partial charge in [0.1, 0.15) is 0 Å². The second-order valence-electron chi connectivity index (χ2n) is 8.02. The maximum Gasteiger partial charge on any atom is 0.191 e. The van der Waals surface area contributed by atoms with Crippen LogP contribution in [0.5, 0.6) is 0 Å². The van der Waals surface area contributed by atoms with Crippen molar-refractivity contribution in [2.24, 2.45) is 10.4 Å². The minimum Gasteiger partial charge on any atom is -0.392 e. The zero-order chi connectivity index (χ0) is 18.4. The highest BCUT2D eigenvalue weighted by atomic mass is 127. The number of nitrogens with zero attached hydrogens (tertiary/aromatic N) is 2. The summed E-state index contributed by atoms with van der Waals surface area (Å²) in [5.41, 5.74) is 1.20. The van der Waals surface area contributed by atoms with Gasteiger partial charge in [0.25, 0.3) is 0 Å². The first-order valence-corrected chi connectivity index (χ1v) is 10.1. The molecule has 2 fully saturated rings. The van der Waals surface area contributed by atoms with Gasteiger partial charge in [0.2, 0.25) is 0 Å². The maximum atomic E-state index is 10.4. The molecule has 0 spiro atoms. The molecule has 3 atom stereocenters. The van der Waals surface area contributed by atoms with Crippen LogP contribution in [0, 0.1) is 5.41 Å². The Bertz CT molecular complexity index is 597. The molecule has 1 heterocycles. The Morgan fingerprint density at radius 1 is 1.26 bits per heavy atom. The van der Waals surface area contributed by atoms with Crippen molar-refractivity contribution >= 4 is 35.6 Å². The van der Waals surface area contributed by atoms with Crippen molar-refractivity contribution in [3.8, 4) is 0 Å². The van der Waals surface area contributed by atoms with E-state index in [1.165, 1.54) is 12.1 Å². The van der Waals surface area contributed by atoms with Crippen LogP contribution in [0.15, 0.2) is 35.3 Å². The van der Waals surface area contributed by atoms with Gasteiger partial charge in [-0.3, -0.25) is 4.99 Å². The van der Waals surface area contributed by atoms with Crippen molar-refractivity contribution in [3.63, 3.8) is 0 Å². The van der Waals surface area contributed by atoms with Crippen LogP contribution < -0.4 is 15.5 Å². The first kappa shape index (κ1) is 22.3. The van der Waals surface area contributed by atoms with Crippen LogP contribution in [-0.4, -0.2) is 49.4 Å². The lowest BCUT2D eigenvalue weighted by atomic mass is 9.73. The molecule has 3 unspecified atom stereocenters. The number of aliphatic hydroxyl groups excluding tert-OH is 1. The molecule has 0 radical (unpaired) electrons. The second kappa shape index (κ2) is 10.5. The normalized spacial score (nSPS) is 28.6. The highest BCUT2D eigenvalue weighted by Crippen LogP contribution is 2.36. The molecule has 5 nitrogen and oxygen atoms in total. The SMILES string of the molecule is CCNC(=NCC1(C)CCCCC1O)NC1CCN(c2ccccc2)C1.I. The average Bonchev–Trinajstić information content (AvgIpc) is 3.12. The number of aliphatic imine (C=N–C) groups is 1. The summed E-state index contributed by atoms with van der Waals surface area (Å²) in [5, 5.41) is 17.4. The Hall–Kier alpha value is -1.02. The van der Waals surface area contributed by atoms with Crippen molar-refractivity contribution < 1.29 is 5.11 Å². The summed E-state index contributed by atoms with van der Waals surface area (Å²) < 4.78 is 0. The van der Waals surface area contributed by atoms with Gasteiger partial charge in [-0.25, -0.2) is 0 Å². The second-order valence-corrected chi connectivity index (χ2v) is 8.02. The number of guanidine groups is 1. The van der Waals surface area contributed by atoms with E-state index in [1.807, 2.05) is 0 Å². The molecule has 3 N–H and O–H groups in total. The van der Waals surface area contributed by atoms with Gasteiger partial charge in [-0.2, -0.15) is 0 Å². The largest absolute Gasteiger partial charge is 0.392 e. The van der Waals surface area contributed by atoms with Crippen LogP contribution in [-0.2, 0) is 0 Å². The fraction of sp³-hybridized carbons (Fsp3) is 0.667. The van der Waals surface area contributed by atoms with Gasteiger partial charge in [-0.15, -0.1) is 24.0 Å². The van der Waals surface area contributed by atoms with E-state index in [1.54, 1.807) is 0 Å². The third-order valence-corrected chi connectivity index (χ3v) is 5.87. The highest BCUT2D eigenvalue weighted by Gasteiger charge is 2.35. The molecule has 152 valence electrons. The van der Waals surface area contributed by atoms with Crippen molar-refractivity contribution in [1.82, 2.24) is 10.6 Å². The summed E-state index contributed by atoms with van der Waals surface area (Å²) in [7, 11) is 0. The quantitative estimate of drug-likeness (QED) is 0.340. The zero-order valence-corrected chi connectivity index (χ0v) is 19.0. The molecule has 6 heteroatoms. The Morgan fingerprint density at radius 3 is 2.74 bits per heavy atom. The van der Waals surface area contributed by atoms with Crippen LogP contribution in [0.2, 0.25) is 0 Å². The van der Waals surface area contributed by atoms with E-state index in [2.05, 4.69) is 59.7 Å². The number of benzene rings is 1. The van der Waals surface area contributed by atoms with Gasteiger partial charge in [0.05, 0.1) is 12.6 Å². The number of rotatable bonds is 5. The number of hydrogen-bond acceptors (Lipinski definition) is 3. The Labute approximate surface area is 181 Å². The lowest BCUT2D eigenvalue weighted by Crippen LogP contribution is -2.46. The topological polar surface area (TPSA) is 59.9 Å². The summed E-state index contributed by atoms with van der Waals surface area (Å²) >= 11 is 0. The lowest BCUT2D eigenvalue weighted by Gasteiger charge is -2.37. The molecular formula is C21H35IN4O. The third-order valence-electron chi connectivity index (χ3n) is 5.87. The number of halogens is 1. The lowest BCUT2D eigenvalue weighted by molar-refractivity contribution is 0.00716. The van der Waals surface area contributed by atoms with Crippen molar-refractivity contribution in [1.29, 1.82) is 0 Å². The Kier molecular flexibility index (Phi) is 8.66. The molecule has 1 aromatic rings. The summed E-state index contributed by atoms with van der Waals surface area (Å²) in [5.74, 6) is 0.881. The highest BCUT2D eigenvalue weighted by molar-refractivity contribution is 14.0. The molecule has 1 aromatic carbocycles. The fourth-order valence-corrected chi connectivity index (χ4v) is 4.09. The van der Waals surface area contributed by atoms with Crippen LogP contribution in [0.3, 0.4) is 0 Å². The average molecular weight is 486 g/mol. The van der Waals surface area contributed by atoms with Gasteiger partial charge in [0.15, 0.2) is 5.96 Å². The van der Waals surface area contributed by atoms with Crippen molar-refractivity contribution in [3.05, 3.63) is 30.3 Å². The molecule has 0 bridgehead atoms. The molecule has 0 amide bonds. The van der Waals surface area contributed by atoms with E-state index in [9.17, 15) is 5.11 Å². The molecule has 3 rings (SSSR count). The van der Waals surface area contributed by atoms with Gasteiger partial charge in [-0.05, 0) is 38.3 Å². The predicted octanol–water partition coefficient (Wildman–Crippen LogP) is 3.38. The number of anilines is 1. The number of aliphatic hydroxyl groups is 1. The molecule has 2 aliphatic rings. The van der Waals surface area contributed by atoms with E-state index in [4.69, 9.17) is 4.99 Å². The van der Waals surface area contributed by atoms with Crippen LogP contribution >= 0.6 is 24.0 Å². The molecule has 1 aliphatic carbocycles. The number of hydrogen-bond donors (Lipinski definition) is 3. The molecule has 1 aliphatic heterocycles. The first-order valence-electron chi connectivity index (χ1n) is 10.1. The van der Waals surface area contributed by atoms with E-state index in [-0.39, 0.29) is 35.5 Å². The maximum absolute atomic E-state index is 10.4. The van der Waals surface area contributed by atoms with E-state index < -0.39 is 0 Å². The van der Waals surface area contributed by atoms with Gasteiger partial charge in [-0.1, -0.05) is 38.0 Å². The van der Waals surface area contributed by atoms with E-state index in [0.29, 0.717) is 12.6 Å². The molecule has 1 saturated carbocycles. The molecule has 27 heavy (non-hydrogen) atoms. The third kappa shape index (κ3) is 5.98. The van der Waals surface area contributed by atoms with Crippen molar-refractivity contribution in [2.45, 2.75) is 58.1 Å². The standard InChI is InChI=1S/C21H34N4O.HI/c1-3-22-20(23-16-21(2)13-8-7-11-19(21)26)24-17-12-14-25(15-17)18-9-5-4-6-10-18;/h4-6,9-10,17,19,26H,3,7-8,11-16H2,1-2H3,(H2,22,23,24);1H. The smallest absolute Gasteiger partial charge is 0.191 e. The first-order chi connectivity index (χ1) is 12.6. The Morgan fingerprint density at radius 2 is 2.04 bits per heavy atom. The van der Waals surface area contributed by atoms with Crippen LogP contribution in [0.25, 0.3) is 0 Å². The number of nitrogens with one attached hydrogen (secondary N) is 2. The van der Waals surface area contributed by atoms with E-state index >= 15 is 0 Å². The Balaban J connectivity index is 0.00000261. The van der Waals surface area contributed by atoms with Crippen molar-refractivity contribution in [2.75, 3.05) is 31.1 Å². The van der Waals surface area contributed by atoms with Crippen LogP contribution in [0.1, 0.15) is 46.0 Å². The minimum absolute atomic E-state index is 0. The monoisotopic (exact) mass is 486 g/mol. The van der Waals surface area contributed by atoms with Crippen LogP contribution in [0.4, 0.5) is 5.69 Å². The van der Waals surface area contributed by atoms with Gasteiger partial charge >= 0.3 is 0 Å².